The maximum absolute atomic E-state index is 11.4. The Labute approximate surface area is 131 Å². The number of carbonyl (C=O) groups is 4. The molecule has 0 aliphatic rings. The van der Waals surface area contributed by atoms with Gasteiger partial charge in [0, 0.05) is 11.8 Å². The van der Waals surface area contributed by atoms with Gasteiger partial charge in [0.15, 0.2) is 6.61 Å². The van der Waals surface area contributed by atoms with Crippen LogP contribution in [-0.4, -0.2) is 43.4 Å². The average molecular weight is 327 g/mol. The molecule has 0 bridgehead atoms. The molecule has 3 N–H and O–H groups in total. The van der Waals surface area contributed by atoms with Crippen LogP contribution in [0.5, 0.6) is 0 Å². The zero-order chi connectivity index (χ0) is 16.4. The van der Waals surface area contributed by atoms with E-state index in [0.29, 0.717) is 6.54 Å². The molecular formula is C13H17N3O5S. The highest BCUT2D eigenvalue weighted by molar-refractivity contribution is 7.09. The van der Waals surface area contributed by atoms with Crippen molar-refractivity contribution in [3.05, 3.63) is 22.4 Å². The summed E-state index contributed by atoms with van der Waals surface area (Å²) in [5.41, 5.74) is 0. The molecule has 1 aromatic heterocycles. The zero-order valence-corrected chi connectivity index (χ0v) is 12.8. The fourth-order valence-corrected chi connectivity index (χ4v) is 1.93. The van der Waals surface area contributed by atoms with Gasteiger partial charge in [0.05, 0.1) is 13.1 Å². The summed E-state index contributed by atoms with van der Waals surface area (Å²) in [5, 5.41) is 9.03. The van der Waals surface area contributed by atoms with Gasteiger partial charge in [-0.1, -0.05) is 6.07 Å². The minimum absolute atomic E-state index is 0.218. The molecule has 3 amide bonds. The first-order valence-corrected chi connectivity index (χ1v) is 7.31. The molecule has 22 heavy (non-hydrogen) atoms. The van der Waals surface area contributed by atoms with Gasteiger partial charge in [-0.15, -0.1) is 11.3 Å². The van der Waals surface area contributed by atoms with Gasteiger partial charge in [-0.25, -0.2) is 0 Å². The van der Waals surface area contributed by atoms with Crippen molar-refractivity contribution in [3.8, 4) is 0 Å². The topological polar surface area (TPSA) is 114 Å². The molecule has 1 heterocycles. The summed E-state index contributed by atoms with van der Waals surface area (Å²) in [6.07, 6.45) is 0. The minimum atomic E-state index is -0.734. The number of hydrogen-bond acceptors (Lipinski definition) is 6. The molecule has 0 atom stereocenters. The first kappa shape index (κ1) is 17.6. The van der Waals surface area contributed by atoms with E-state index in [2.05, 4.69) is 16.0 Å². The predicted octanol–water partition coefficient (Wildman–Crippen LogP) is -0.840. The molecule has 0 spiro atoms. The second-order valence-electron chi connectivity index (χ2n) is 4.20. The molecule has 1 aromatic rings. The van der Waals surface area contributed by atoms with E-state index in [1.54, 1.807) is 0 Å². The molecule has 0 aromatic carbocycles. The predicted molar refractivity (Wildman–Crippen MR) is 78.8 cm³/mol. The van der Waals surface area contributed by atoms with E-state index in [4.69, 9.17) is 4.74 Å². The molecule has 1 rings (SSSR count). The average Bonchev–Trinajstić information content (AvgIpc) is 3.00. The molecule has 0 saturated heterocycles. The van der Waals surface area contributed by atoms with E-state index < -0.39 is 24.4 Å². The number of ether oxygens (including phenoxy) is 1. The van der Waals surface area contributed by atoms with Crippen LogP contribution in [-0.2, 0) is 30.5 Å². The Bertz CT molecular complexity index is 530. The van der Waals surface area contributed by atoms with Gasteiger partial charge in [-0.2, -0.15) is 0 Å². The lowest BCUT2D eigenvalue weighted by atomic mass is 10.4. The van der Waals surface area contributed by atoms with Crippen molar-refractivity contribution in [3.63, 3.8) is 0 Å². The number of amides is 3. The highest BCUT2D eigenvalue weighted by atomic mass is 32.1. The van der Waals surface area contributed by atoms with E-state index in [-0.39, 0.29) is 19.0 Å². The lowest BCUT2D eigenvalue weighted by molar-refractivity contribution is -0.148. The second-order valence-corrected chi connectivity index (χ2v) is 5.24. The van der Waals surface area contributed by atoms with Crippen molar-refractivity contribution >= 4 is 35.0 Å². The molecule has 0 unspecified atom stereocenters. The third-order valence-electron chi connectivity index (χ3n) is 2.33. The fourth-order valence-electron chi connectivity index (χ4n) is 1.28. The summed E-state index contributed by atoms with van der Waals surface area (Å²) in [6, 6.07) is 3.75. The van der Waals surface area contributed by atoms with E-state index in [0.717, 1.165) is 4.88 Å². The highest BCUT2D eigenvalue weighted by Crippen LogP contribution is 2.06. The van der Waals surface area contributed by atoms with Crippen LogP contribution in [0, 0.1) is 0 Å². The van der Waals surface area contributed by atoms with Crippen LogP contribution in [0.1, 0.15) is 11.8 Å². The first-order valence-electron chi connectivity index (χ1n) is 6.43. The molecule has 0 saturated carbocycles. The summed E-state index contributed by atoms with van der Waals surface area (Å²) in [5.74, 6) is -2.02. The number of carbonyl (C=O) groups excluding carboxylic acids is 4. The summed E-state index contributed by atoms with van der Waals surface area (Å²) >= 11 is 1.51. The summed E-state index contributed by atoms with van der Waals surface area (Å²) in [4.78, 5) is 45.5. The number of rotatable bonds is 8. The maximum atomic E-state index is 11.4. The molecule has 9 heteroatoms. The van der Waals surface area contributed by atoms with Crippen LogP contribution in [0.3, 0.4) is 0 Å². The van der Waals surface area contributed by atoms with Crippen molar-refractivity contribution < 1.29 is 23.9 Å². The molecular weight excluding hydrogens is 310 g/mol. The first-order chi connectivity index (χ1) is 10.5. The summed E-state index contributed by atoms with van der Waals surface area (Å²) in [7, 11) is 0. The third-order valence-corrected chi connectivity index (χ3v) is 3.21. The van der Waals surface area contributed by atoms with Crippen molar-refractivity contribution in [1.82, 2.24) is 16.0 Å². The monoisotopic (exact) mass is 327 g/mol. The molecule has 120 valence electrons. The van der Waals surface area contributed by atoms with Gasteiger partial charge in [0.25, 0.3) is 5.91 Å². The standard InChI is InChI=1S/C13H17N3O5S/c1-9(17)14-6-11(18)16-7-13(20)21-8-12(19)15-5-10-3-2-4-22-10/h2-4H,5-8H2,1H3,(H,14,17)(H,15,19)(H,16,18). The van der Waals surface area contributed by atoms with Gasteiger partial charge in [0.2, 0.25) is 11.8 Å². The van der Waals surface area contributed by atoms with E-state index in [1.165, 1.54) is 18.3 Å². The Morgan fingerprint density at radius 2 is 1.86 bits per heavy atom. The summed E-state index contributed by atoms with van der Waals surface area (Å²) < 4.78 is 4.70. The van der Waals surface area contributed by atoms with Crippen molar-refractivity contribution in [2.24, 2.45) is 0 Å². The molecule has 8 nitrogen and oxygen atoms in total. The maximum Gasteiger partial charge on any atom is 0.325 e. The van der Waals surface area contributed by atoms with E-state index >= 15 is 0 Å². The van der Waals surface area contributed by atoms with E-state index in [1.807, 2.05) is 17.5 Å². The Hall–Kier alpha value is -2.42. The molecule has 0 aliphatic heterocycles. The van der Waals surface area contributed by atoms with Crippen molar-refractivity contribution in [2.75, 3.05) is 19.7 Å². The Balaban J connectivity index is 2.10. The Morgan fingerprint density at radius 3 is 2.50 bits per heavy atom. The summed E-state index contributed by atoms with van der Waals surface area (Å²) in [6.45, 7) is 0.657. The van der Waals surface area contributed by atoms with Gasteiger partial charge in [-0.05, 0) is 11.4 Å². The third kappa shape index (κ3) is 8.00. The number of esters is 1. The quantitative estimate of drug-likeness (QED) is 0.539. The zero-order valence-electron chi connectivity index (χ0n) is 12.0. The van der Waals surface area contributed by atoms with Gasteiger partial charge in [-0.3, -0.25) is 19.2 Å². The van der Waals surface area contributed by atoms with Crippen LogP contribution in [0.2, 0.25) is 0 Å². The normalized spacial score (nSPS) is 9.68. The van der Waals surface area contributed by atoms with Crippen LogP contribution < -0.4 is 16.0 Å². The van der Waals surface area contributed by atoms with Gasteiger partial charge < -0.3 is 20.7 Å². The van der Waals surface area contributed by atoms with Gasteiger partial charge >= 0.3 is 5.97 Å². The van der Waals surface area contributed by atoms with Crippen LogP contribution >= 0.6 is 11.3 Å². The SMILES string of the molecule is CC(=O)NCC(=O)NCC(=O)OCC(=O)NCc1cccs1. The van der Waals surface area contributed by atoms with Crippen LogP contribution in [0.25, 0.3) is 0 Å². The minimum Gasteiger partial charge on any atom is -0.454 e. The Kier molecular flexibility index (Phi) is 7.62. The molecule has 0 fully saturated rings. The van der Waals surface area contributed by atoms with E-state index in [9.17, 15) is 19.2 Å². The lowest BCUT2D eigenvalue weighted by Gasteiger charge is -2.07. The van der Waals surface area contributed by atoms with Gasteiger partial charge in [0.1, 0.15) is 6.54 Å². The smallest absolute Gasteiger partial charge is 0.325 e. The lowest BCUT2D eigenvalue weighted by Crippen LogP contribution is -2.39. The molecule has 0 aliphatic carbocycles. The van der Waals surface area contributed by atoms with Crippen LogP contribution in [0.15, 0.2) is 17.5 Å². The number of nitrogens with one attached hydrogen (secondary N) is 3. The second kappa shape index (κ2) is 9.50. The Morgan fingerprint density at radius 1 is 1.09 bits per heavy atom. The number of hydrogen-bond donors (Lipinski definition) is 3. The van der Waals surface area contributed by atoms with Crippen LogP contribution in [0.4, 0.5) is 0 Å². The molecule has 0 radical (unpaired) electrons. The number of thiophene rings is 1. The largest absolute Gasteiger partial charge is 0.454 e. The fraction of sp³-hybridized carbons (Fsp3) is 0.385. The van der Waals surface area contributed by atoms with Crippen molar-refractivity contribution in [1.29, 1.82) is 0 Å². The van der Waals surface area contributed by atoms with Crippen molar-refractivity contribution in [2.45, 2.75) is 13.5 Å². The highest BCUT2D eigenvalue weighted by Gasteiger charge is 2.09.